The van der Waals surface area contributed by atoms with E-state index in [1.807, 2.05) is 17.7 Å². The number of rotatable bonds is 7. The number of morpholine rings is 1. The Balaban J connectivity index is 1.48. The van der Waals surface area contributed by atoms with Gasteiger partial charge in [-0.1, -0.05) is 11.8 Å². The smallest absolute Gasteiger partial charge is 0.230 e. The topological polar surface area (TPSA) is 85.4 Å². The molecule has 9 heteroatoms. The van der Waals surface area contributed by atoms with Gasteiger partial charge in [-0.25, -0.2) is 0 Å². The summed E-state index contributed by atoms with van der Waals surface area (Å²) in [6, 6.07) is 3.64. The maximum atomic E-state index is 12.2. The van der Waals surface area contributed by atoms with Gasteiger partial charge >= 0.3 is 0 Å². The maximum Gasteiger partial charge on any atom is 0.230 e. The van der Waals surface area contributed by atoms with Gasteiger partial charge < -0.3 is 19.0 Å². The molecular weight excluding hydrogens is 354 g/mol. The van der Waals surface area contributed by atoms with E-state index in [9.17, 15) is 4.79 Å². The number of nitrogens with one attached hydrogen (secondary N) is 1. The van der Waals surface area contributed by atoms with Crippen LogP contribution in [0.15, 0.2) is 28.0 Å². The monoisotopic (exact) mass is 379 g/mol. The number of furan rings is 1. The zero-order chi connectivity index (χ0) is 18.6. The lowest BCUT2D eigenvalue weighted by Gasteiger charge is -2.40. The van der Waals surface area contributed by atoms with E-state index in [1.165, 1.54) is 11.8 Å². The second-order valence-electron chi connectivity index (χ2n) is 6.82. The van der Waals surface area contributed by atoms with Gasteiger partial charge in [0.2, 0.25) is 5.91 Å². The van der Waals surface area contributed by atoms with Gasteiger partial charge in [0.1, 0.15) is 0 Å². The van der Waals surface area contributed by atoms with Gasteiger partial charge in [0, 0.05) is 32.2 Å². The first-order valence-corrected chi connectivity index (χ1v) is 9.61. The van der Waals surface area contributed by atoms with E-state index in [0.29, 0.717) is 29.0 Å². The van der Waals surface area contributed by atoms with Gasteiger partial charge in [-0.05, 0) is 26.0 Å². The minimum absolute atomic E-state index is 0.0149. The third-order valence-corrected chi connectivity index (χ3v) is 5.51. The third kappa shape index (κ3) is 4.46. The maximum absolute atomic E-state index is 12.2. The number of hydrogen-bond acceptors (Lipinski definition) is 7. The molecule has 0 saturated carbocycles. The molecule has 0 aromatic carbocycles. The molecule has 26 heavy (non-hydrogen) atoms. The van der Waals surface area contributed by atoms with Crippen molar-refractivity contribution in [3.63, 3.8) is 0 Å². The highest BCUT2D eigenvalue weighted by Gasteiger charge is 2.28. The summed E-state index contributed by atoms with van der Waals surface area (Å²) in [4.78, 5) is 14.6. The van der Waals surface area contributed by atoms with Crippen molar-refractivity contribution in [3.05, 3.63) is 18.4 Å². The summed E-state index contributed by atoms with van der Waals surface area (Å²) in [6.45, 7) is 8.17. The van der Waals surface area contributed by atoms with Crippen LogP contribution in [0.5, 0.6) is 0 Å². The summed E-state index contributed by atoms with van der Waals surface area (Å²) in [5.41, 5.74) is -0.0959. The van der Waals surface area contributed by atoms with Crippen LogP contribution in [0.4, 0.5) is 0 Å². The number of aromatic nitrogens is 3. The molecule has 1 fully saturated rings. The van der Waals surface area contributed by atoms with Crippen LogP contribution in [-0.4, -0.2) is 69.7 Å². The molecule has 142 valence electrons. The Morgan fingerprint density at radius 3 is 2.81 bits per heavy atom. The van der Waals surface area contributed by atoms with Crippen LogP contribution in [-0.2, 0) is 16.6 Å². The number of carbonyl (C=O) groups is 1. The molecule has 0 bridgehead atoms. The van der Waals surface area contributed by atoms with Crippen LogP contribution < -0.4 is 5.32 Å². The number of nitrogens with zero attached hydrogens (tertiary/aromatic N) is 4. The molecule has 1 amide bonds. The predicted octanol–water partition coefficient (Wildman–Crippen LogP) is 1.39. The standard InChI is InChI=1S/C17H25N5O3S/c1-17(2,22-6-9-24-10-7-22)12-18-14(23)11-26-16-20-19-15(21(16)3)13-5-4-8-25-13/h4-5,8H,6-7,9-12H2,1-3H3,(H,18,23). The zero-order valence-corrected chi connectivity index (χ0v) is 16.2. The molecule has 1 N–H and O–H groups in total. The van der Waals surface area contributed by atoms with Crippen molar-refractivity contribution >= 4 is 17.7 Å². The van der Waals surface area contributed by atoms with Gasteiger partial charge in [0.15, 0.2) is 16.7 Å². The second kappa shape index (κ2) is 8.24. The largest absolute Gasteiger partial charge is 0.461 e. The van der Waals surface area contributed by atoms with Crippen LogP contribution in [0.1, 0.15) is 13.8 Å². The second-order valence-corrected chi connectivity index (χ2v) is 7.76. The van der Waals surface area contributed by atoms with Gasteiger partial charge in [-0.15, -0.1) is 10.2 Å². The summed E-state index contributed by atoms with van der Waals surface area (Å²) >= 11 is 1.36. The normalized spacial score (nSPS) is 16.0. The van der Waals surface area contributed by atoms with Crippen LogP contribution in [0.2, 0.25) is 0 Å². The molecule has 2 aromatic rings. The quantitative estimate of drug-likeness (QED) is 0.728. The lowest BCUT2D eigenvalue weighted by atomic mass is 10.0. The third-order valence-electron chi connectivity index (χ3n) is 4.49. The lowest BCUT2D eigenvalue weighted by molar-refractivity contribution is -0.119. The summed E-state index contributed by atoms with van der Waals surface area (Å²) in [5, 5.41) is 12.0. The van der Waals surface area contributed by atoms with Crippen LogP contribution in [0.25, 0.3) is 11.6 Å². The molecule has 1 aliphatic rings. The highest BCUT2D eigenvalue weighted by atomic mass is 32.2. The van der Waals surface area contributed by atoms with Gasteiger partial charge in [0.05, 0.1) is 25.2 Å². The molecule has 3 heterocycles. The van der Waals surface area contributed by atoms with Gasteiger partial charge in [-0.3, -0.25) is 9.69 Å². The Kier molecular flexibility index (Phi) is 6.00. The SMILES string of the molecule is Cn1c(SCC(=O)NCC(C)(C)N2CCOCC2)nnc1-c1ccco1. The number of amides is 1. The lowest BCUT2D eigenvalue weighted by Crippen LogP contribution is -2.55. The highest BCUT2D eigenvalue weighted by molar-refractivity contribution is 7.99. The number of hydrogen-bond donors (Lipinski definition) is 1. The van der Waals surface area contributed by atoms with Gasteiger partial charge in [0.25, 0.3) is 0 Å². The Morgan fingerprint density at radius 1 is 1.35 bits per heavy atom. The first kappa shape index (κ1) is 18.9. The van der Waals surface area contributed by atoms with E-state index in [4.69, 9.17) is 9.15 Å². The van der Waals surface area contributed by atoms with E-state index in [-0.39, 0.29) is 11.4 Å². The fraction of sp³-hybridized carbons (Fsp3) is 0.588. The summed E-state index contributed by atoms with van der Waals surface area (Å²) in [6.07, 6.45) is 1.60. The minimum Gasteiger partial charge on any atom is -0.461 e. The van der Waals surface area contributed by atoms with E-state index in [1.54, 1.807) is 12.3 Å². The molecule has 0 aliphatic carbocycles. The van der Waals surface area contributed by atoms with Crippen molar-refractivity contribution < 1.29 is 13.9 Å². The summed E-state index contributed by atoms with van der Waals surface area (Å²) in [7, 11) is 1.86. The van der Waals surface area contributed by atoms with E-state index in [0.717, 1.165) is 26.3 Å². The van der Waals surface area contributed by atoms with Gasteiger partial charge in [-0.2, -0.15) is 0 Å². The first-order valence-electron chi connectivity index (χ1n) is 8.63. The van der Waals surface area contributed by atoms with Crippen LogP contribution in [0, 0.1) is 0 Å². The van der Waals surface area contributed by atoms with Crippen LogP contribution >= 0.6 is 11.8 Å². The molecule has 0 radical (unpaired) electrons. The average molecular weight is 379 g/mol. The van der Waals surface area contributed by atoms with Crippen molar-refractivity contribution in [1.29, 1.82) is 0 Å². The summed E-state index contributed by atoms with van der Waals surface area (Å²) in [5.74, 6) is 1.58. The molecule has 1 aliphatic heterocycles. The Labute approximate surface area is 157 Å². The number of carbonyl (C=O) groups excluding carboxylic acids is 1. The molecule has 0 spiro atoms. The molecule has 1 saturated heterocycles. The van der Waals surface area contributed by atoms with Crippen molar-refractivity contribution in [2.24, 2.45) is 7.05 Å². The minimum atomic E-state index is -0.0959. The molecule has 0 atom stereocenters. The fourth-order valence-corrected chi connectivity index (χ4v) is 3.58. The molecule has 0 unspecified atom stereocenters. The Morgan fingerprint density at radius 2 is 2.12 bits per heavy atom. The van der Waals surface area contributed by atoms with Crippen molar-refractivity contribution in [2.75, 3.05) is 38.6 Å². The van der Waals surface area contributed by atoms with Crippen LogP contribution in [0.3, 0.4) is 0 Å². The average Bonchev–Trinajstić information content (AvgIpc) is 3.29. The predicted molar refractivity (Wildman–Crippen MR) is 98.9 cm³/mol. The van der Waals surface area contributed by atoms with E-state index in [2.05, 4.69) is 34.3 Å². The zero-order valence-electron chi connectivity index (χ0n) is 15.4. The molecule has 2 aromatic heterocycles. The van der Waals surface area contributed by atoms with E-state index < -0.39 is 0 Å². The molecule has 3 rings (SSSR count). The Hall–Kier alpha value is -1.84. The fourth-order valence-electron chi connectivity index (χ4n) is 2.84. The van der Waals surface area contributed by atoms with E-state index >= 15 is 0 Å². The van der Waals surface area contributed by atoms with Crippen molar-refractivity contribution in [2.45, 2.75) is 24.5 Å². The summed E-state index contributed by atoms with van der Waals surface area (Å²) < 4.78 is 12.6. The molecule has 8 nitrogen and oxygen atoms in total. The van der Waals surface area contributed by atoms with Crippen molar-refractivity contribution in [3.8, 4) is 11.6 Å². The van der Waals surface area contributed by atoms with Crippen molar-refractivity contribution in [1.82, 2.24) is 25.0 Å². The molecular formula is C17H25N5O3S. The highest BCUT2D eigenvalue weighted by Crippen LogP contribution is 2.22. The first-order chi connectivity index (χ1) is 12.5. The Bertz CT molecular complexity index is 723. The number of ether oxygens (including phenoxy) is 1. The number of thioether (sulfide) groups is 1.